The largest absolute Gasteiger partial charge is 0.396 e. The van der Waals surface area contributed by atoms with Crippen LogP contribution in [0, 0.1) is 5.92 Å². The van der Waals surface area contributed by atoms with Crippen molar-refractivity contribution < 1.29 is 15.0 Å². The summed E-state index contributed by atoms with van der Waals surface area (Å²) in [6.07, 6.45) is 4.09. The van der Waals surface area contributed by atoms with E-state index in [0.717, 1.165) is 15.7 Å². The van der Waals surface area contributed by atoms with Crippen LogP contribution >= 0.6 is 15.9 Å². The van der Waals surface area contributed by atoms with E-state index in [0.29, 0.717) is 18.5 Å². The number of amides is 1. The van der Waals surface area contributed by atoms with Crippen molar-refractivity contribution in [3.63, 3.8) is 0 Å². The minimum atomic E-state index is -1.63. The maximum absolute atomic E-state index is 13.3. The SMILES string of the molecule is C[C@H](/C=C/CCO)[C@@]1(O)C(=O)N(Cc2ccccc2)c2ccc(Br)cc21. The lowest BCUT2D eigenvalue weighted by molar-refractivity contribution is -0.139. The van der Waals surface area contributed by atoms with E-state index in [1.54, 1.807) is 17.1 Å². The number of aliphatic hydroxyl groups excluding tert-OH is 1. The van der Waals surface area contributed by atoms with Gasteiger partial charge in [-0.05, 0) is 30.2 Å². The lowest BCUT2D eigenvalue weighted by Crippen LogP contribution is -2.44. The summed E-state index contributed by atoms with van der Waals surface area (Å²) in [4.78, 5) is 14.9. The zero-order valence-electron chi connectivity index (χ0n) is 14.6. The minimum Gasteiger partial charge on any atom is -0.396 e. The van der Waals surface area contributed by atoms with Gasteiger partial charge in [0.1, 0.15) is 0 Å². The van der Waals surface area contributed by atoms with Gasteiger partial charge in [0.2, 0.25) is 0 Å². The van der Waals surface area contributed by atoms with Crippen molar-refractivity contribution in [3.8, 4) is 0 Å². The highest BCUT2D eigenvalue weighted by Gasteiger charge is 2.52. The van der Waals surface area contributed by atoms with Crippen molar-refractivity contribution in [1.29, 1.82) is 0 Å². The Kier molecular flexibility index (Phi) is 5.61. The normalized spacial score (nSPS) is 20.6. The van der Waals surface area contributed by atoms with Gasteiger partial charge in [-0.1, -0.05) is 65.3 Å². The summed E-state index contributed by atoms with van der Waals surface area (Å²) in [5.74, 6) is -0.744. The molecule has 4 nitrogen and oxygen atoms in total. The topological polar surface area (TPSA) is 60.8 Å². The number of halogens is 1. The molecular weight excluding hydrogens is 394 g/mol. The van der Waals surface area contributed by atoms with Crippen LogP contribution < -0.4 is 4.90 Å². The number of fused-ring (bicyclic) bond motifs is 1. The summed E-state index contributed by atoms with van der Waals surface area (Å²) >= 11 is 3.44. The van der Waals surface area contributed by atoms with Gasteiger partial charge in [-0.3, -0.25) is 4.79 Å². The molecule has 0 spiro atoms. The predicted octanol–water partition coefficient (Wildman–Crippen LogP) is 3.76. The number of carbonyl (C=O) groups excluding carboxylic acids is 1. The summed E-state index contributed by atoms with van der Waals surface area (Å²) in [6, 6.07) is 15.3. The molecule has 1 heterocycles. The fourth-order valence-corrected chi connectivity index (χ4v) is 3.72. The quantitative estimate of drug-likeness (QED) is 0.706. The standard InChI is InChI=1S/C21H22BrNO3/c1-15(7-5-6-12-24)21(26)18-13-17(22)10-11-19(18)23(20(21)25)14-16-8-3-2-4-9-16/h2-5,7-11,13,15,24,26H,6,12,14H2,1H3/b7-5+/t15-,21+/m1/s1. The molecule has 0 fully saturated rings. The molecule has 0 saturated carbocycles. The summed E-state index contributed by atoms with van der Waals surface area (Å²) in [5.41, 5.74) is 0.711. The van der Waals surface area contributed by atoms with Crippen LogP contribution in [0.5, 0.6) is 0 Å². The van der Waals surface area contributed by atoms with Crippen LogP contribution in [0.2, 0.25) is 0 Å². The Hall–Kier alpha value is -1.95. The van der Waals surface area contributed by atoms with Crippen molar-refractivity contribution in [2.24, 2.45) is 5.92 Å². The Morgan fingerprint density at radius 2 is 1.96 bits per heavy atom. The lowest BCUT2D eigenvalue weighted by Gasteiger charge is -2.27. The first-order valence-corrected chi connectivity index (χ1v) is 9.43. The van der Waals surface area contributed by atoms with Crippen LogP contribution in [0.4, 0.5) is 5.69 Å². The van der Waals surface area contributed by atoms with Gasteiger partial charge < -0.3 is 15.1 Å². The highest BCUT2D eigenvalue weighted by Crippen LogP contribution is 2.46. The van der Waals surface area contributed by atoms with Crippen LogP contribution in [0.1, 0.15) is 24.5 Å². The fourth-order valence-electron chi connectivity index (χ4n) is 3.36. The summed E-state index contributed by atoms with van der Waals surface area (Å²) < 4.78 is 0.815. The number of aliphatic hydroxyl groups is 2. The van der Waals surface area contributed by atoms with E-state index in [4.69, 9.17) is 5.11 Å². The number of hydrogen-bond donors (Lipinski definition) is 2. The second-order valence-electron chi connectivity index (χ2n) is 6.53. The maximum Gasteiger partial charge on any atom is 0.264 e. The number of rotatable bonds is 6. The molecule has 2 aromatic rings. The molecule has 0 bridgehead atoms. The molecule has 2 N–H and O–H groups in total. The average Bonchev–Trinajstić information content (AvgIpc) is 2.85. The Labute approximate surface area is 161 Å². The Bertz CT molecular complexity index is 821. The third-order valence-corrected chi connectivity index (χ3v) is 5.29. The van der Waals surface area contributed by atoms with E-state index in [1.165, 1.54) is 0 Å². The van der Waals surface area contributed by atoms with Crippen molar-refractivity contribution in [2.45, 2.75) is 25.5 Å². The molecule has 3 rings (SSSR count). The number of carbonyl (C=O) groups is 1. The average molecular weight is 416 g/mol. The Morgan fingerprint density at radius 3 is 2.65 bits per heavy atom. The van der Waals surface area contributed by atoms with Crippen molar-refractivity contribution >= 4 is 27.5 Å². The van der Waals surface area contributed by atoms with Crippen LogP contribution in [0.25, 0.3) is 0 Å². The van der Waals surface area contributed by atoms with Gasteiger partial charge in [0.15, 0.2) is 5.60 Å². The Morgan fingerprint density at radius 1 is 1.23 bits per heavy atom. The number of nitrogens with zero attached hydrogens (tertiary/aromatic N) is 1. The zero-order valence-corrected chi connectivity index (χ0v) is 16.2. The molecule has 5 heteroatoms. The van der Waals surface area contributed by atoms with Crippen molar-refractivity contribution in [2.75, 3.05) is 11.5 Å². The van der Waals surface area contributed by atoms with Crippen LogP contribution in [0.15, 0.2) is 65.2 Å². The molecule has 0 aromatic heterocycles. The lowest BCUT2D eigenvalue weighted by atomic mass is 9.83. The van der Waals surface area contributed by atoms with Gasteiger partial charge in [0.05, 0.1) is 12.2 Å². The van der Waals surface area contributed by atoms with Gasteiger partial charge >= 0.3 is 0 Å². The van der Waals surface area contributed by atoms with E-state index in [1.807, 2.05) is 55.5 Å². The molecule has 1 aliphatic rings. The molecule has 0 radical (unpaired) electrons. The fraction of sp³-hybridized carbons (Fsp3) is 0.286. The van der Waals surface area contributed by atoms with Gasteiger partial charge in [0.25, 0.3) is 5.91 Å². The highest BCUT2D eigenvalue weighted by molar-refractivity contribution is 9.10. The first kappa shape index (κ1) is 18.8. The number of hydrogen-bond acceptors (Lipinski definition) is 3. The molecule has 2 atom stereocenters. The molecule has 26 heavy (non-hydrogen) atoms. The molecule has 0 aliphatic carbocycles. The molecular formula is C21H22BrNO3. The monoisotopic (exact) mass is 415 g/mol. The number of benzene rings is 2. The molecule has 1 aliphatic heterocycles. The third kappa shape index (κ3) is 3.34. The molecule has 2 aromatic carbocycles. The second kappa shape index (κ2) is 7.74. The predicted molar refractivity (Wildman–Crippen MR) is 106 cm³/mol. The van der Waals surface area contributed by atoms with E-state index in [-0.39, 0.29) is 12.5 Å². The molecule has 1 amide bonds. The molecule has 136 valence electrons. The van der Waals surface area contributed by atoms with Crippen LogP contribution in [0.3, 0.4) is 0 Å². The second-order valence-corrected chi connectivity index (χ2v) is 7.45. The van der Waals surface area contributed by atoms with E-state index < -0.39 is 11.5 Å². The van der Waals surface area contributed by atoms with E-state index in [2.05, 4.69) is 15.9 Å². The zero-order chi connectivity index (χ0) is 18.7. The van der Waals surface area contributed by atoms with Crippen molar-refractivity contribution in [3.05, 3.63) is 76.3 Å². The minimum absolute atomic E-state index is 0.0395. The summed E-state index contributed by atoms with van der Waals surface area (Å²) in [7, 11) is 0. The molecule has 0 saturated heterocycles. The summed E-state index contributed by atoms with van der Waals surface area (Å²) in [6.45, 7) is 2.27. The van der Waals surface area contributed by atoms with Gasteiger partial charge in [-0.2, -0.15) is 0 Å². The van der Waals surface area contributed by atoms with Gasteiger partial charge in [-0.15, -0.1) is 0 Å². The van der Waals surface area contributed by atoms with Crippen molar-refractivity contribution in [1.82, 2.24) is 0 Å². The summed E-state index contributed by atoms with van der Waals surface area (Å²) in [5, 5.41) is 20.4. The van der Waals surface area contributed by atoms with Gasteiger partial charge in [-0.25, -0.2) is 0 Å². The maximum atomic E-state index is 13.3. The van der Waals surface area contributed by atoms with E-state index in [9.17, 15) is 9.90 Å². The number of anilines is 1. The first-order valence-electron chi connectivity index (χ1n) is 8.64. The smallest absolute Gasteiger partial charge is 0.264 e. The van der Waals surface area contributed by atoms with E-state index >= 15 is 0 Å². The van der Waals surface area contributed by atoms with Gasteiger partial charge in [0, 0.05) is 22.6 Å². The third-order valence-electron chi connectivity index (χ3n) is 4.79. The molecule has 0 unspecified atom stereocenters. The van der Waals surface area contributed by atoms with Crippen LogP contribution in [-0.4, -0.2) is 22.7 Å². The Balaban J connectivity index is 2.02. The first-order chi connectivity index (χ1) is 12.5. The highest BCUT2D eigenvalue weighted by atomic mass is 79.9. The van der Waals surface area contributed by atoms with Crippen LogP contribution in [-0.2, 0) is 16.9 Å².